The van der Waals surface area contributed by atoms with Crippen LogP contribution in [-0.2, 0) is 9.53 Å². The van der Waals surface area contributed by atoms with E-state index in [1.807, 2.05) is 0 Å². The summed E-state index contributed by atoms with van der Waals surface area (Å²) in [6.45, 7) is 6.64. The van der Waals surface area contributed by atoms with Crippen molar-refractivity contribution in [1.29, 1.82) is 0 Å². The average Bonchev–Trinajstić information content (AvgIpc) is 3.21. The second kappa shape index (κ2) is 4.65. The molecule has 0 aromatic rings. The van der Waals surface area contributed by atoms with Crippen LogP contribution in [0.15, 0.2) is 0 Å². The number of epoxide rings is 1. The van der Waals surface area contributed by atoms with Crippen molar-refractivity contribution in [3.8, 4) is 0 Å². The van der Waals surface area contributed by atoms with Gasteiger partial charge in [-0.2, -0.15) is 0 Å². The Balaban J connectivity index is 1.47. The van der Waals surface area contributed by atoms with E-state index in [0.717, 1.165) is 37.5 Å². The van der Waals surface area contributed by atoms with Crippen LogP contribution in [0.5, 0.6) is 0 Å². The molecule has 4 saturated carbocycles. The SMILES string of the molecule is CC(=O)[C@]12O[C@H]1C[C@@H]1[C@H]3CC[C@H]4C[C@@H](O)CC[C@]4(C)[C@@H]3CC[C@]12C. The molecule has 9 atom stereocenters. The lowest BCUT2D eigenvalue weighted by molar-refractivity contribution is -0.151. The minimum atomic E-state index is -0.427. The number of ether oxygens (including phenoxy) is 1. The molecule has 134 valence electrons. The largest absolute Gasteiger partial charge is 0.393 e. The predicted molar refractivity (Wildman–Crippen MR) is 91.4 cm³/mol. The fourth-order valence-corrected chi connectivity index (χ4v) is 8.30. The predicted octanol–water partition coefficient (Wildman–Crippen LogP) is 3.73. The molecule has 1 N–H and O–H groups in total. The molecule has 0 bridgehead atoms. The molecule has 1 aliphatic heterocycles. The van der Waals surface area contributed by atoms with Crippen molar-refractivity contribution >= 4 is 5.78 Å². The molecule has 3 heteroatoms. The van der Waals surface area contributed by atoms with Crippen molar-refractivity contribution in [2.45, 2.75) is 89.9 Å². The van der Waals surface area contributed by atoms with E-state index in [1.165, 1.54) is 25.7 Å². The van der Waals surface area contributed by atoms with Crippen LogP contribution in [0.1, 0.15) is 72.1 Å². The van der Waals surface area contributed by atoms with Crippen molar-refractivity contribution in [3.63, 3.8) is 0 Å². The van der Waals surface area contributed by atoms with Crippen molar-refractivity contribution in [2.75, 3.05) is 0 Å². The molecular formula is C21H32O3. The van der Waals surface area contributed by atoms with Gasteiger partial charge in [-0.3, -0.25) is 4.79 Å². The molecule has 5 aliphatic rings. The maximum absolute atomic E-state index is 12.4. The molecule has 0 amide bonds. The number of fused-ring (bicyclic) bond motifs is 7. The van der Waals surface area contributed by atoms with Gasteiger partial charge in [0.1, 0.15) is 0 Å². The first kappa shape index (κ1) is 15.8. The molecule has 0 radical (unpaired) electrons. The Bertz CT molecular complexity index is 588. The summed E-state index contributed by atoms with van der Waals surface area (Å²) in [6, 6.07) is 0. The summed E-state index contributed by atoms with van der Waals surface area (Å²) < 4.78 is 6.02. The third-order valence-corrected chi connectivity index (χ3v) is 9.59. The zero-order chi connectivity index (χ0) is 16.9. The second-order valence-electron chi connectivity index (χ2n) is 10.2. The van der Waals surface area contributed by atoms with E-state index in [9.17, 15) is 9.90 Å². The number of carbonyl (C=O) groups is 1. The molecule has 1 heterocycles. The lowest BCUT2D eigenvalue weighted by Gasteiger charge is -2.61. The summed E-state index contributed by atoms with van der Waals surface area (Å²) in [6.07, 6.45) is 9.45. The Kier molecular flexibility index (Phi) is 3.06. The standard InChI is InChI=1S/C21H32O3/c1-12(22)21-18(24-21)11-17-15-5-4-13-10-14(23)6-8-19(13,2)16(15)7-9-20(17,21)3/h13-18,23H,4-11H2,1-3H3/t13-,14-,15-,16+,17+,18-,19-,20+,21-/m0/s1. The fourth-order valence-electron chi connectivity index (χ4n) is 8.30. The summed E-state index contributed by atoms with van der Waals surface area (Å²) in [5.41, 5.74) is 0.0612. The van der Waals surface area contributed by atoms with Gasteiger partial charge in [0.15, 0.2) is 11.4 Å². The maximum atomic E-state index is 12.4. The highest BCUT2D eigenvalue weighted by Crippen LogP contribution is 2.73. The number of ketones is 1. The van der Waals surface area contributed by atoms with Crippen LogP contribution in [0.4, 0.5) is 0 Å². The van der Waals surface area contributed by atoms with Crippen LogP contribution in [0.25, 0.3) is 0 Å². The molecule has 5 rings (SSSR count). The van der Waals surface area contributed by atoms with Crippen LogP contribution in [-0.4, -0.2) is 28.7 Å². The normalized spacial score (nSPS) is 61.3. The quantitative estimate of drug-likeness (QED) is 0.745. The summed E-state index contributed by atoms with van der Waals surface area (Å²) in [4.78, 5) is 12.4. The van der Waals surface area contributed by atoms with Crippen LogP contribution in [0.2, 0.25) is 0 Å². The highest BCUT2D eigenvalue weighted by Gasteiger charge is 2.79. The van der Waals surface area contributed by atoms with Crippen molar-refractivity contribution in [1.82, 2.24) is 0 Å². The molecule has 0 unspecified atom stereocenters. The van der Waals surface area contributed by atoms with E-state index in [4.69, 9.17) is 4.74 Å². The van der Waals surface area contributed by atoms with Gasteiger partial charge in [-0.05, 0) is 87.4 Å². The molecule has 0 aromatic heterocycles. The van der Waals surface area contributed by atoms with Crippen molar-refractivity contribution < 1.29 is 14.6 Å². The van der Waals surface area contributed by atoms with Gasteiger partial charge in [-0.25, -0.2) is 0 Å². The van der Waals surface area contributed by atoms with E-state index in [-0.39, 0.29) is 23.4 Å². The van der Waals surface area contributed by atoms with Gasteiger partial charge in [0, 0.05) is 5.41 Å². The van der Waals surface area contributed by atoms with Gasteiger partial charge in [-0.1, -0.05) is 13.8 Å². The lowest BCUT2D eigenvalue weighted by Crippen LogP contribution is -2.56. The molecule has 24 heavy (non-hydrogen) atoms. The first-order valence-electron chi connectivity index (χ1n) is 10.2. The number of Topliss-reactive ketones (excluding diaryl/α,β-unsaturated/α-hetero) is 1. The summed E-state index contributed by atoms with van der Waals surface area (Å²) in [5, 5.41) is 10.1. The highest BCUT2D eigenvalue weighted by atomic mass is 16.6. The maximum Gasteiger partial charge on any atom is 0.164 e. The van der Waals surface area contributed by atoms with E-state index in [0.29, 0.717) is 17.3 Å². The summed E-state index contributed by atoms with van der Waals surface area (Å²) >= 11 is 0. The summed E-state index contributed by atoms with van der Waals surface area (Å²) in [5.74, 6) is 3.22. The first-order chi connectivity index (χ1) is 11.3. The number of hydrogen-bond donors (Lipinski definition) is 1. The van der Waals surface area contributed by atoms with Gasteiger partial charge >= 0.3 is 0 Å². The lowest BCUT2D eigenvalue weighted by atomic mass is 9.44. The molecule has 1 saturated heterocycles. The van der Waals surface area contributed by atoms with E-state index in [2.05, 4.69) is 13.8 Å². The van der Waals surface area contributed by atoms with Gasteiger partial charge in [-0.15, -0.1) is 0 Å². The van der Waals surface area contributed by atoms with Crippen LogP contribution >= 0.6 is 0 Å². The first-order valence-corrected chi connectivity index (χ1v) is 10.2. The van der Waals surface area contributed by atoms with E-state index >= 15 is 0 Å². The number of hydrogen-bond acceptors (Lipinski definition) is 3. The van der Waals surface area contributed by atoms with Crippen LogP contribution in [0.3, 0.4) is 0 Å². The Morgan fingerprint density at radius 1 is 1.04 bits per heavy atom. The highest BCUT2D eigenvalue weighted by molar-refractivity contribution is 5.90. The Morgan fingerprint density at radius 2 is 1.83 bits per heavy atom. The zero-order valence-corrected chi connectivity index (χ0v) is 15.4. The number of rotatable bonds is 1. The van der Waals surface area contributed by atoms with Gasteiger partial charge in [0.05, 0.1) is 12.2 Å². The second-order valence-corrected chi connectivity index (χ2v) is 10.2. The Labute approximate surface area is 145 Å². The van der Waals surface area contributed by atoms with Gasteiger partial charge in [0.25, 0.3) is 0 Å². The van der Waals surface area contributed by atoms with Gasteiger partial charge < -0.3 is 9.84 Å². The van der Waals surface area contributed by atoms with Crippen molar-refractivity contribution in [3.05, 3.63) is 0 Å². The molecular weight excluding hydrogens is 300 g/mol. The van der Waals surface area contributed by atoms with E-state index in [1.54, 1.807) is 6.92 Å². The fraction of sp³-hybridized carbons (Fsp3) is 0.952. The Morgan fingerprint density at radius 3 is 2.58 bits per heavy atom. The number of carbonyl (C=O) groups excluding carboxylic acids is 1. The molecule has 4 aliphatic carbocycles. The van der Waals surface area contributed by atoms with E-state index < -0.39 is 5.60 Å². The number of aliphatic hydroxyl groups is 1. The molecule has 0 spiro atoms. The van der Waals surface area contributed by atoms with Crippen molar-refractivity contribution in [2.24, 2.45) is 34.5 Å². The monoisotopic (exact) mass is 332 g/mol. The minimum absolute atomic E-state index is 0.0676. The smallest absolute Gasteiger partial charge is 0.164 e. The van der Waals surface area contributed by atoms with Crippen LogP contribution < -0.4 is 0 Å². The number of aliphatic hydroxyl groups excluding tert-OH is 1. The van der Waals surface area contributed by atoms with Crippen LogP contribution in [0, 0.1) is 34.5 Å². The third kappa shape index (κ3) is 1.65. The van der Waals surface area contributed by atoms with Gasteiger partial charge in [0.2, 0.25) is 0 Å². The molecule has 0 aromatic carbocycles. The Hall–Kier alpha value is -0.410. The summed E-state index contributed by atoms with van der Waals surface area (Å²) in [7, 11) is 0. The molecule has 5 fully saturated rings. The topological polar surface area (TPSA) is 49.8 Å². The minimum Gasteiger partial charge on any atom is -0.393 e. The molecule has 3 nitrogen and oxygen atoms in total. The zero-order valence-electron chi connectivity index (χ0n) is 15.4. The third-order valence-electron chi connectivity index (χ3n) is 9.59. The average molecular weight is 332 g/mol.